The maximum absolute atomic E-state index is 13.0. The van der Waals surface area contributed by atoms with Crippen molar-refractivity contribution in [3.63, 3.8) is 0 Å². The fraction of sp³-hybridized carbons (Fsp3) is 0.400. The van der Waals surface area contributed by atoms with Crippen molar-refractivity contribution in [3.8, 4) is 5.75 Å². The van der Waals surface area contributed by atoms with Gasteiger partial charge in [-0.15, -0.1) is 0 Å². The molecular weight excluding hydrogens is 330 g/mol. The Hall–Kier alpha value is -2.60. The predicted octanol–water partition coefficient (Wildman–Crippen LogP) is 2.66. The van der Waals surface area contributed by atoms with E-state index in [1.165, 1.54) is 0 Å². The molecular formula is C20H25N3O3. The molecule has 1 aromatic heterocycles. The van der Waals surface area contributed by atoms with E-state index in [2.05, 4.69) is 10.6 Å². The van der Waals surface area contributed by atoms with Crippen LogP contribution in [0.4, 0.5) is 5.69 Å². The van der Waals surface area contributed by atoms with E-state index in [-0.39, 0.29) is 22.9 Å². The average molecular weight is 355 g/mol. The lowest BCUT2D eigenvalue weighted by molar-refractivity contribution is 0.102. The summed E-state index contributed by atoms with van der Waals surface area (Å²) in [5, 5.41) is 15.9. The average Bonchev–Trinajstić information content (AvgIpc) is 2.63. The van der Waals surface area contributed by atoms with E-state index in [1.807, 2.05) is 13.0 Å². The zero-order chi connectivity index (χ0) is 18.8. The van der Waals surface area contributed by atoms with Crippen molar-refractivity contribution in [1.29, 1.82) is 0 Å². The summed E-state index contributed by atoms with van der Waals surface area (Å²) < 4.78 is 1.69. The van der Waals surface area contributed by atoms with Gasteiger partial charge in [0.15, 0.2) is 0 Å². The number of carbonyl (C=O) groups is 1. The van der Waals surface area contributed by atoms with E-state index in [9.17, 15) is 14.7 Å². The molecule has 0 saturated carbocycles. The van der Waals surface area contributed by atoms with Crippen molar-refractivity contribution >= 4 is 11.6 Å². The summed E-state index contributed by atoms with van der Waals surface area (Å²) in [5.41, 5.74) is 2.68. The van der Waals surface area contributed by atoms with Crippen LogP contribution in [0.1, 0.15) is 45.9 Å². The van der Waals surface area contributed by atoms with Crippen LogP contribution < -0.4 is 16.2 Å². The summed E-state index contributed by atoms with van der Waals surface area (Å²) in [7, 11) is 0. The van der Waals surface area contributed by atoms with Crippen LogP contribution in [0, 0.1) is 20.8 Å². The molecule has 138 valence electrons. The molecule has 1 amide bonds. The Bertz CT molecular complexity index is 896. The number of hydrogen-bond acceptors (Lipinski definition) is 4. The topological polar surface area (TPSA) is 83.4 Å². The Balaban J connectivity index is 1.94. The molecule has 1 aliphatic rings. The largest absolute Gasteiger partial charge is 0.508 e. The number of phenols is 1. The molecule has 1 fully saturated rings. The Morgan fingerprint density at radius 1 is 1.15 bits per heavy atom. The van der Waals surface area contributed by atoms with Crippen LogP contribution in [0.5, 0.6) is 5.75 Å². The number of nitrogens with one attached hydrogen (secondary N) is 2. The third-order valence-corrected chi connectivity index (χ3v) is 5.26. The van der Waals surface area contributed by atoms with Gasteiger partial charge in [0.2, 0.25) is 0 Å². The number of piperidine rings is 1. The van der Waals surface area contributed by atoms with Crippen LogP contribution in [0.3, 0.4) is 0 Å². The standard InChI is InChI=1S/C20H25N3O3/c1-12-8-11-23(15-6-9-21-10-7-15)20(26)18(12)19(25)22-16-4-5-17(24)14(3)13(16)2/h4-5,8,11,15,21,24H,6-7,9-10H2,1-3H3,(H,22,25). The third-order valence-electron chi connectivity index (χ3n) is 5.26. The molecule has 0 bridgehead atoms. The monoisotopic (exact) mass is 355 g/mol. The second-order valence-corrected chi connectivity index (χ2v) is 6.90. The number of phenolic OH excluding ortho intramolecular Hbond substituents is 1. The van der Waals surface area contributed by atoms with Crippen LogP contribution in [-0.4, -0.2) is 28.7 Å². The summed E-state index contributed by atoms with van der Waals surface area (Å²) in [6.07, 6.45) is 3.54. The summed E-state index contributed by atoms with van der Waals surface area (Å²) in [6.45, 7) is 7.14. The first kappa shape index (κ1) is 18.2. The number of hydrogen-bond donors (Lipinski definition) is 3. The molecule has 6 nitrogen and oxygen atoms in total. The van der Waals surface area contributed by atoms with Gasteiger partial charge in [0.1, 0.15) is 11.3 Å². The minimum Gasteiger partial charge on any atom is -0.508 e. The first-order chi connectivity index (χ1) is 12.4. The van der Waals surface area contributed by atoms with E-state index in [0.717, 1.165) is 31.5 Å². The number of aromatic hydroxyl groups is 1. The molecule has 0 radical (unpaired) electrons. The normalized spacial score (nSPS) is 15.0. The number of aromatic nitrogens is 1. The maximum atomic E-state index is 13.0. The van der Waals surface area contributed by atoms with Crippen LogP contribution in [0.25, 0.3) is 0 Å². The first-order valence-corrected chi connectivity index (χ1v) is 8.93. The molecule has 2 aromatic rings. The number of rotatable bonds is 3. The lowest BCUT2D eigenvalue weighted by Crippen LogP contribution is -2.37. The highest BCUT2D eigenvalue weighted by molar-refractivity contribution is 6.05. The minimum absolute atomic E-state index is 0.119. The van der Waals surface area contributed by atoms with E-state index in [1.54, 1.807) is 36.7 Å². The van der Waals surface area contributed by atoms with Crippen molar-refractivity contribution in [2.24, 2.45) is 0 Å². The number of pyridine rings is 1. The van der Waals surface area contributed by atoms with Gasteiger partial charge in [-0.2, -0.15) is 0 Å². The number of anilines is 1. The minimum atomic E-state index is -0.413. The van der Waals surface area contributed by atoms with Crippen molar-refractivity contribution in [1.82, 2.24) is 9.88 Å². The molecule has 26 heavy (non-hydrogen) atoms. The number of carbonyl (C=O) groups excluding carboxylic acids is 1. The fourth-order valence-electron chi connectivity index (χ4n) is 3.42. The van der Waals surface area contributed by atoms with E-state index < -0.39 is 5.91 Å². The predicted molar refractivity (Wildman–Crippen MR) is 102 cm³/mol. The Morgan fingerprint density at radius 2 is 1.85 bits per heavy atom. The van der Waals surface area contributed by atoms with Crippen molar-refractivity contribution < 1.29 is 9.90 Å². The van der Waals surface area contributed by atoms with Crippen molar-refractivity contribution in [2.45, 2.75) is 39.7 Å². The van der Waals surface area contributed by atoms with Crippen LogP contribution in [0.15, 0.2) is 29.2 Å². The second kappa shape index (κ2) is 7.33. The zero-order valence-electron chi connectivity index (χ0n) is 15.4. The number of amides is 1. The van der Waals surface area contributed by atoms with Gasteiger partial charge < -0.3 is 20.3 Å². The molecule has 1 aromatic carbocycles. The van der Waals surface area contributed by atoms with Gasteiger partial charge in [-0.3, -0.25) is 9.59 Å². The Morgan fingerprint density at radius 3 is 2.54 bits per heavy atom. The van der Waals surface area contributed by atoms with Gasteiger partial charge in [-0.1, -0.05) is 0 Å². The van der Waals surface area contributed by atoms with E-state index in [0.29, 0.717) is 16.8 Å². The molecule has 6 heteroatoms. The molecule has 1 saturated heterocycles. The van der Waals surface area contributed by atoms with Crippen molar-refractivity contribution in [3.05, 3.63) is 57.0 Å². The van der Waals surface area contributed by atoms with Crippen LogP contribution in [-0.2, 0) is 0 Å². The first-order valence-electron chi connectivity index (χ1n) is 8.93. The van der Waals surface area contributed by atoms with Gasteiger partial charge >= 0.3 is 0 Å². The van der Waals surface area contributed by atoms with Gasteiger partial charge in [0.25, 0.3) is 11.5 Å². The van der Waals surface area contributed by atoms with Gasteiger partial charge in [0, 0.05) is 17.9 Å². The van der Waals surface area contributed by atoms with Crippen LogP contribution in [0.2, 0.25) is 0 Å². The molecule has 1 aliphatic heterocycles. The molecule has 0 aliphatic carbocycles. The van der Waals surface area contributed by atoms with Gasteiger partial charge in [0.05, 0.1) is 0 Å². The SMILES string of the molecule is Cc1ccn(C2CCNCC2)c(=O)c1C(=O)Nc1ccc(O)c(C)c1C. The molecule has 3 rings (SSSR count). The van der Waals surface area contributed by atoms with E-state index in [4.69, 9.17) is 0 Å². The van der Waals surface area contributed by atoms with Crippen LogP contribution >= 0.6 is 0 Å². The lowest BCUT2D eigenvalue weighted by Gasteiger charge is -2.25. The van der Waals surface area contributed by atoms with Gasteiger partial charge in [-0.05, 0) is 81.6 Å². The van der Waals surface area contributed by atoms with E-state index >= 15 is 0 Å². The summed E-state index contributed by atoms with van der Waals surface area (Å²) >= 11 is 0. The summed E-state index contributed by atoms with van der Waals surface area (Å²) in [4.78, 5) is 25.8. The number of aryl methyl sites for hydroxylation is 1. The summed E-state index contributed by atoms with van der Waals surface area (Å²) in [6, 6.07) is 5.14. The molecule has 0 unspecified atom stereocenters. The smallest absolute Gasteiger partial charge is 0.263 e. The van der Waals surface area contributed by atoms with Gasteiger partial charge in [-0.25, -0.2) is 0 Å². The Labute approximate surface area is 152 Å². The Kier molecular flexibility index (Phi) is 5.13. The lowest BCUT2D eigenvalue weighted by atomic mass is 10.0. The second-order valence-electron chi connectivity index (χ2n) is 6.90. The quantitative estimate of drug-likeness (QED) is 0.739. The molecule has 0 atom stereocenters. The highest BCUT2D eigenvalue weighted by Gasteiger charge is 2.22. The molecule has 2 heterocycles. The number of benzene rings is 1. The van der Waals surface area contributed by atoms with Crippen molar-refractivity contribution in [2.75, 3.05) is 18.4 Å². The maximum Gasteiger partial charge on any atom is 0.263 e. The number of nitrogens with zero attached hydrogens (tertiary/aromatic N) is 1. The molecule has 0 spiro atoms. The highest BCUT2D eigenvalue weighted by atomic mass is 16.3. The summed E-state index contributed by atoms with van der Waals surface area (Å²) in [5.74, 6) is -0.228. The highest BCUT2D eigenvalue weighted by Crippen LogP contribution is 2.26. The third kappa shape index (κ3) is 3.37. The zero-order valence-corrected chi connectivity index (χ0v) is 15.4. The molecule has 3 N–H and O–H groups in total. The fourth-order valence-corrected chi connectivity index (χ4v) is 3.42.